The van der Waals surface area contributed by atoms with Gasteiger partial charge in [-0.2, -0.15) is 4.98 Å². The van der Waals surface area contributed by atoms with Crippen molar-refractivity contribution in [2.75, 3.05) is 25.0 Å². The van der Waals surface area contributed by atoms with Crippen molar-refractivity contribution in [2.24, 2.45) is 0 Å². The smallest absolute Gasteiger partial charge is 0.297 e. The average molecular weight is 405 g/mol. The molecular weight excluding hydrogens is 383 g/mol. The number of likely N-dealkylation sites (tertiary alicyclic amines) is 1. The number of halogens is 2. The van der Waals surface area contributed by atoms with E-state index in [-0.39, 0.29) is 11.8 Å². The summed E-state index contributed by atoms with van der Waals surface area (Å²) in [6, 6.07) is 7.05. The third-order valence-corrected chi connectivity index (χ3v) is 5.26. The number of piperidine rings is 1. The van der Waals surface area contributed by atoms with Crippen LogP contribution in [0.25, 0.3) is 22.5 Å². The summed E-state index contributed by atoms with van der Waals surface area (Å²) in [6.07, 6.45) is -0.442. The molecule has 0 bridgehead atoms. The molecule has 3 heterocycles. The Morgan fingerprint density at radius 3 is 2.89 bits per heavy atom. The van der Waals surface area contributed by atoms with Crippen molar-refractivity contribution in [2.45, 2.75) is 32.5 Å². The zero-order chi connectivity index (χ0) is 19.8. The normalized spacial score (nSPS) is 20.6. The number of phenolic OH excluding ortho intramolecular Hbond substituents is 1. The minimum Gasteiger partial charge on any atom is -0.507 e. The molecule has 6 nitrogen and oxygen atoms in total. The predicted molar refractivity (Wildman–Crippen MR) is 108 cm³/mol. The number of pyridine rings is 1. The standard InChI is InChI=1S/C20H22ClFN4O2/c1-3-26-9-13(22)8-14(10-26)23-20-25-19-17(28-20)5-4-15(24-19)18-11(2)6-12(21)7-16(18)27/h4-7,13-14,27H,3,8-10H2,1-2H3,(H,23,24,25)/t13-,14-/m0/s1. The topological polar surface area (TPSA) is 74.4 Å². The number of hydrogen-bond donors (Lipinski definition) is 2. The van der Waals surface area contributed by atoms with Gasteiger partial charge in [-0.25, -0.2) is 9.37 Å². The number of phenols is 1. The van der Waals surface area contributed by atoms with Crippen molar-refractivity contribution in [1.29, 1.82) is 0 Å². The SMILES string of the molecule is CCN1C[C@@H](F)C[C@H](Nc2nc3nc(-c4c(C)cc(Cl)cc4O)ccc3o2)C1. The number of aromatic nitrogens is 2. The number of likely N-dealkylation sites (N-methyl/N-ethyl adjacent to an activating group) is 1. The van der Waals surface area contributed by atoms with Crippen LogP contribution in [0, 0.1) is 6.92 Å². The van der Waals surface area contributed by atoms with E-state index >= 15 is 0 Å². The predicted octanol–water partition coefficient (Wildman–Crippen LogP) is 4.40. The van der Waals surface area contributed by atoms with Crippen molar-refractivity contribution >= 4 is 28.8 Å². The lowest BCUT2D eigenvalue weighted by molar-refractivity contribution is 0.134. The van der Waals surface area contributed by atoms with Crippen LogP contribution in [0.4, 0.5) is 10.4 Å². The average Bonchev–Trinajstić information content (AvgIpc) is 3.01. The van der Waals surface area contributed by atoms with E-state index in [9.17, 15) is 9.50 Å². The summed E-state index contributed by atoms with van der Waals surface area (Å²) in [6.45, 7) is 5.90. The third-order valence-electron chi connectivity index (χ3n) is 5.04. The molecule has 1 fully saturated rings. The van der Waals surface area contributed by atoms with Gasteiger partial charge in [0.1, 0.15) is 11.9 Å². The highest BCUT2D eigenvalue weighted by Crippen LogP contribution is 2.35. The number of aryl methyl sites for hydroxylation is 1. The molecule has 28 heavy (non-hydrogen) atoms. The summed E-state index contributed by atoms with van der Waals surface area (Å²) in [5, 5.41) is 13.9. The first-order chi connectivity index (χ1) is 13.4. The largest absolute Gasteiger partial charge is 0.507 e. The Balaban J connectivity index is 1.61. The number of nitrogens with zero attached hydrogens (tertiary/aromatic N) is 3. The molecule has 0 unspecified atom stereocenters. The Bertz CT molecular complexity index is 986. The van der Waals surface area contributed by atoms with Crippen LogP contribution in [-0.2, 0) is 0 Å². The fourth-order valence-corrected chi connectivity index (χ4v) is 4.01. The van der Waals surface area contributed by atoms with Crippen molar-refractivity contribution < 1.29 is 13.9 Å². The molecule has 2 atom stereocenters. The Kier molecular flexibility index (Phi) is 5.12. The highest BCUT2D eigenvalue weighted by Gasteiger charge is 2.27. The van der Waals surface area contributed by atoms with Gasteiger partial charge in [0.25, 0.3) is 6.01 Å². The lowest BCUT2D eigenvalue weighted by Crippen LogP contribution is -2.47. The van der Waals surface area contributed by atoms with Crippen molar-refractivity contribution in [3.05, 3.63) is 34.9 Å². The maximum Gasteiger partial charge on any atom is 0.297 e. The Morgan fingerprint density at radius 2 is 2.14 bits per heavy atom. The third kappa shape index (κ3) is 3.77. The first-order valence-electron chi connectivity index (χ1n) is 9.33. The molecular formula is C20H22ClFN4O2. The molecule has 1 aromatic carbocycles. The lowest BCUT2D eigenvalue weighted by atomic mass is 10.0. The maximum atomic E-state index is 13.9. The van der Waals surface area contributed by atoms with Crippen LogP contribution in [0.5, 0.6) is 5.75 Å². The molecule has 1 aliphatic rings. The zero-order valence-corrected chi connectivity index (χ0v) is 16.5. The van der Waals surface area contributed by atoms with E-state index in [4.69, 9.17) is 16.0 Å². The second-order valence-corrected chi connectivity index (χ2v) is 7.62. The Morgan fingerprint density at radius 1 is 1.32 bits per heavy atom. The number of anilines is 1. The van der Waals surface area contributed by atoms with Crippen LogP contribution >= 0.6 is 11.6 Å². The molecule has 3 aromatic rings. The number of benzene rings is 1. The van der Waals surface area contributed by atoms with Gasteiger partial charge in [-0.1, -0.05) is 18.5 Å². The zero-order valence-electron chi connectivity index (χ0n) is 15.7. The van der Waals surface area contributed by atoms with Crippen LogP contribution in [0.2, 0.25) is 5.02 Å². The molecule has 1 aliphatic heterocycles. The minimum atomic E-state index is -0.865. The minimum absolute atomic E-state index is 0.0644. The van der Waals surface area contributed by atoms with Gasteiger partial charge in [0, 0.05) is 36.1 Å². The van der Waals surface area contributed by atoms with Crippen molar-refractivity contribution in [3.63, 3.8) is 0 Å². The van der Waals surface area contributed by atoms with Crippen molar-refractivity contribution in [3.8, 4) is 17.0 Å². The molecule has 0 amide bonds. The summed E-state index contributed by atoms with van der Waals surface area (Å²) >= 11 is 5.99. The monoisotopic (exact) mass is 404 g/mol. The summed E-state index contributed by atoms with van der Waals surface area (Å²) in [7, 11) is 0. The summed E-state index contributed by atoms with van der Waals surface area (Å²) in [5.41, 5.74) is 2.95. The van der Waals surface area contributed by atoms with Crippen LogP contribution in [0.1, 0.15) is 18.9 Å². The maximum absolute atomic E-state index is 13.9. The molecule has 0 saturated carbocycles. The van der Waals surface area contributed by atoms with Gasteiger partial charge in [-0.05, 0) is 43.3 Å². The lowest BCUT2D eigenvalue weighted by Gasteiger charge is -2.33. The van der Waals surface area contributed by atoms with Crippen LogP contribution in [0.15, 0.2) is 28.7 Å². The van der Waals surface area contributed by atoms with Crippen LogP contribution < -0.4 is 5.32 Å². The fraction of sp³-hybridized carbons (Fsp3) is 0.400. The first kappa shape index (κ1) is 19.0. The second-order valence-electron chi connectivity index (χ2n) is 7.18. The molecule has 8 heteroatoms. The molecule has 2 aromatic heterocycles. The Hall–Kier alpha value is -2.38. The molecule has 1 saturated heterocycles. The fourth-order valence-electron chi connectivity index (χ4n) is 3.74. The molecule has 2 N–H and O–H groups in total. The number of hydrogen-bond acceptors (Lipinski definition) is 6. The van der Waals surface area contributed by atoms with Gasteiger partial charge in [0.15, 0.2) is 5.58 Å². The Labute approximate surface area is 167 Å². The number of aromatic hydroxyl groups is 1. The number of alkyl halides is 1. The van der Waals surface area contributed by atoms with E-state index < -0.39 is 6.17 Å². The van der Waals surface area contributed by atoms with Crippen LogP contribution in [-0.4, -0.2) is 51.8 Å². The number of rotatable bonds is 4. The summed E-state index contributed by atoms with van der Waals surface area (Å²) < 4.78 is 19.7. The highest BCUT2D eigenvalue weighted by atomic mass is 35.5. The van der Waals surface area contributed by atoms with Gasteiger partial charge >= 0.3 is 0 Å². The first-order valence-corrected chi connectivity index (χ1v) is 9.70. The highest BCUT2D eigenvalue weighted by molar-refractivity contribution is 6.31. The van der Waals surface area contributed by atoms with E-state index in [1.54, 1.807) is 18.2 Å². The number of oxazole rings is 1. The second kappa shape index (κ2) is 7.56. The van der Waals surface area contributed by atoms with Gasteiger partial charge in [0.2, 0.25) is 5.65 Å². The molecule has 4 rings (SSSR count). The van der Waals surface area contributed by atoms with Crippen molar-refractivity contribution in [1.82, 2.24) is 14.9 Å². The number of nitrogens with one attached hydrogen (secondary N) is 1. The molecule has 0 aliphatic carbocycles. The van der Waals surface area contributed by atoms with Gasteiger partial charge in [0.05, 0.1) is 5.69 Å². The summed E-state index contributed by atoms with van der Waals surface area (Å²) in [5.74, 6) is 0.0644. The molecule has 0 radical (unpaired) electrons. The number of fused-ring (bicyclic) bond motifs is 1. The summed E-state index contributed by atoms with van der Waals surface area (Å²) in [4.78, 5) is 11.0. The quantitative estimate of drug-likeness (QED) is 0.671. The van der Waals surface area contributed by atoms with E-state index in [1.165, 1.54) is 6.07 Å². The molecule has 148 valence electrons. The van der Waals surface area contributed by atoms with Gasteiger partial charge in [-0.3, -0.25) is 4.90 Å². The van der Waals surface area contributed by atoms with E-state index in [0.717, 1.165) is 18.7 Å². The molecule has 0 spiro atoms. The van der Waals surface area contributed by atoms with E-state index in [2.05, 4.69) is 20.2 Å². The van der Waals surface area contributed by atoms with Gasteiger partial charge < -0.3 is 14.8 Å². The van der Waals surface area contributed by atoms with Crippen LogP contribution in [0.3, 0.4) is 0 Å². The van der Waals surface area contributed by atoms with E-state index in [0.29, 0.717) is 46.5 Å². The van der Waals surface area contributed by atoms with Gasteiger partial charge in [-0.15, -0.1) is 0 Å². The van der Waals surface area contributed by atoms with E-state index in [1.807, 2.05) is 13.8 Å².